The summed E-state index contributed by atoms with van der Waals surface area (Å²) in [6.07, 6.45) is 0. The van der Waals surface area contributed by atoms with E-state index < -0.39 is 11.9 Å². The van der Waals surface area contributed by atoms with Gasteiger partial charge in [-0.1, -0.05) is 54.1 Å². The van der Waals surface area contributed by atoms with Gasteiger partial charge in [0.25, 0.3) is 5.91 Å². The van der Waals surface area contributed by atoms with Crippen molar-refractivity contribution in [1.82, 2.24) is 10.2 Å². The number of benzene rings is 3. The smallest absolute Gasteiger partial charge is 0.261 e. The molecule has 8 heteroatoms. The van der Waals surface area contributed by atoms with E-state index in [1.165, 1.54) is 17.0 Å². The average molecular weight is 485 g/mol. The Labute approximate surface area is 203 Å². The Morgan fingerprint density at radius 1 is 1.00 bits per heavy atom. The van der Waals surface area contributed by atoms with Crippen LogP contribution in [-0.4, -0.2) is 36.5 Å². The highest BCUT2D eigenvalue weighted by molar-refractivity contribution is 6.32. The van der Waals surface area contributed by atoms with Crippen LogP contribution in [0.15, 0.2) is 72.8 Å². The molecular formula is C26H26ClFN2O4. The van der Waals surface area contributed by atoms with Crippen LogP contribution in [0.4, 0.5) is 4.39 Å². The third kappa shape index (κ3) is 6.71. The molecule has 0 aliphatic carbocycles. The fraction of sp³-hybridized carbons (Fsp3) is 0.231. The lowest BCUT2D eigenvalue weighted by Gasteiger charge is -2.29. The predicted octanol–water partition coefficient (Wildman–Crippen LogP) is 4.60. The number of hydrogen-bond donors (Lipinski definition) is 1. The molecule has 0 unspecified atom stereocenters. The van der Waals surface area contributed by atoms with Crippen LogP contribution in [0.3, 0.4) is 0 Å². The van der Waals surface area contributed by atoms with Gasteiger partial charge in [-0.25, -0.2) is 4.39 Å². The molecule has 0 radical (unpaired) electrons. The highest BCUT2D eigenvalue weighted by atomic mass is 35.5. The Hall–Kier alpha value is -3.58. The second kappa shape index (κ2) is 12.0. The van der Waals surface area contributed by atoms with E-state index in [1.54, 1.807) is 56.5 Å². The minimum atomic E-state index is -0.817. The summed E-state index contributed by atoms with van der Waals surface area (Å²) in [6.45, 7) is 1.67. The first-order valence-electron chi connectivity index (χ1n) is 10.7. The molecule has 0 bridgehead atoms. The van der Waals surface area contributed by atoms with Crippen molar-refractivity contribution in [2.75, 3.05) is 13.7 Å². The first-order valence-corrected chi connectivity index (χ1v) is 11.1. The van der Waals surface area contributed by atoms with Crippen molar-refractivity contribution in [2.24, 2.45) is 0 Å². The van der Waals surface area contributed by atoms with Crippen molar-refractivity contribution in [2.45, 2.75) is 26.1 Å². The van der Waals surface area contributed by atoms with E-state index in [4.69, 9.17) is 21.1 Å². The largest absolute Gasteiger partial charge is 0.496 e. The summed E-state index contributed by atoms with van der Waals surface area (Å²) in [7, 11) is 1.56. The number of nitrogens with zero attached hydrogens (tertiary/aromatic N) is 1. The maximum atomic E-state index is 13.4. The number of nitrogens with one attached hydrogen (secondary N) is 1. The number of ether oxygens (including phenoxy) is 2. The maximum Gasteiger partial charge on any atom is 0.261 e. The standard InChI is InChI=1S/C26H26ClFN2O4/c1-18(26(32)29-15-20-7-3-5-9-23(20)33-2)30(16-19-11-13-21(28)14-12-19)25(31)17-34-24-10-6-4-8-22(24)27/h3-14,18H,15-17H2,1-2H3,(H,29,32)/t18-/m1/s1. The van der Waals surface area contributed by atoms with E-state index in [9.17, 15) is 14.0 Å². The first kappa shape index (κ1) is 25.1. The molecule has 0 aromatic heterocycles. The van der Waals surface area contributed by atoms with Crippen LogP contribution in [0.25, 0.3) is 0 Å². The molecule has 3 rings (SSSR count). The van der Waals surface area contributed by atoms with Crippen molar-refractivity contribution in [3.8, 4) is 11.5 Å². The molecule has 3 aromatic carbocycles. The number of amides is 2. The Morgan fingerprint density at radius 2 is 1.65 bits per heavy atom. The van der Waals surface area contributed by atoms with Gasteiger partial charge in [-0.2, -0.15) is 0 Å². The lowest BCUT2D eigenvalue weighted by atomic mass is 10.1. The van der Waals surface area contributed by atoms with Crippen LogP contribution in [0.1, 0.15) is 18.1 Å². The second-order valence-electron chi connectivity index (χ2n) is 7.57. The van der Waals surface area contributed by atoms with Crippen LogP contribution in [-0.2, 0) is 22.7 Å². The van der Waals surface area contributed by atoms with Crippen LogP contribution < -0.4 is 14.8 Å². The van der Waals surface area contributed by atoms with Gasteiger partial charge >= 0.3 is 0 Å². The summed E-state index contributed by atoms with van der Waals surface area (Å²) in [4.78, 5) is 27.5. The topological polar surface area (TPSA) is 67.9 Å². The molecule has 178 valence electrons. The molecule has 0 saturated heterocycles. The molecule has 34 heavy (non-hydrogen) atoms. The van der Waals surface area contributed by atoms with E-state index in [1.807, 2.05) is 18.2 Å². The van der Waals surface area contributed by atoms with Gasteiger partial charge in [0.2, 0.25) is 5.91 Å². The van der Waals surface area contributed by atoms with E-state index >= 15 is 0 Å². The lowest BCUT2D eigenvalue weighted by molar-refractivity contribution is -0.142. The van der Waals surface area contributed by atoms with E-state index in [2.05, 4.69) is 5.32 Å². The van der Waals surface area contributed by atoms with Crippen LogP contribution in [0, 0.1) is 5.82 Å². The normalized spacial score (nSPS) is 11.4. The Morgan fingerprint density at radius 3 is 2.32 bits per heavy atom. The van der Waals surface area contributed by atoms with Gasteiger partial charge in [0.15, 0.2) is 6.61 Å². The minimum Gasteiger partial charge on any atom is -0.496 e. The highest BCUT2D eigenvalue weighted by Gasteiger charge is 2.27. The number of rotatable bonds is 10. The third-order valence-electron chi connectivity index (χ3n) is 5.27. The van der Waals surface area contributed by atoms with Crippen molar-refractivity contribution < 1.29 is 23.5 Å². The van der Waals surface area contributed by atoms with Crippen molar-refractivity contribution in [3.63, 3.8) is 0 Å². The maximum absolute atomic E-state index is 13.4. The summed E-state index contributed by atoms with van der Waals surface area (Å²) in [6, 6.07) is 19.1. The van der Waals surface area contributed by atoms with Crippen molar-refractivity contribution >= 4 is 23.4 Å². The van der Waals surface area contributed by atoms with Crippen molar-refractivity contribution in [1.29, 1.82) is 0 Å². The summed E-state index contributed by atoms with van der Waals surface area (Å²) in [5, 5.41) is 3.23. The van der Waals surface area contributed by atoms with Gasteiger partial charge in [-0.05, 0) is 42.8 Å². The van der Waals surface area contributed by atoms with E-state index in [-0.39, 0.29) is 31.4 Å². The molecule has 0 saturated carbocycles. The van der Waals surface area contributed by atoms with Gasteiger partial charge in [0, 0.05) is 18.7 Å². The van der Waals surface area contributed by atoms with Gasteiger partial charge < -0.3 is 19.7 Å². The summed E-state index contributed by atoms with van der Waals surface area (Å²) >= 11 is 6.11. The lowest BCUT2D eigenvalue weighted by Crippen LogP contribution is -2.48. The second-order valence-corrected chi connectivity index (χ2v) is 7.98. The predicted molar refractivity (Wildman–Crippen MR) is 128 cm³/mol. The Balaban J connectivity index is 1.72. The number of carbonyl (C=O) groups is 2. The molecule has 0 aliphatic rings. The fourth-order valence-electron chi connectivity index (χ4n) is 3.33. The van der Waals surface area contributed by atoms with Crippen LogP contribution in [0.5, 0.6) is 11.5 Å². The number of methoxy groups -OCH3 is 1. The minimum absolute atomic E-state index is 0.105. The monoisotopic (exact) mass is 484 g/mol. The zero-order chi connectivity index (χ0) is 24.5. The summed E-state index contributed by atoms with van der Waals surface area (Å²) in [5.41, 5.74) is 1.49. The summed E-state index contributed by atoms with van der Waals surface area (Å²) < 4.78 is 24.3. The number of hydrogen-bond acceptors (Lipinski definition) is 4. The number of para-hydroxylation sites is 2. The van der Waals surface area contributed by atoms with E-state index in [0.717, 1.165) is 5.56 Å². The molecule has 1 atom stereocenters. The Kier molecular flexibility index (Phi) is 8.87. The zero-order valence-electron chi connectivity index (χ0n) is 19.0. The molecule has 0 spiro atoms. The molecule has 6 nitrogen and oxygen atoms in total. The van der Waals surface area contributed by atoms with E-state index in [0.29, 0.717) is 22.1 Å². The molecule has 0 aliphatic heterocycles. The van der Waals surface area contributed by atoms with Crippen LogP contribution in [0.2, 0.25) is 5.02 Å². The van der Waals surface area contributed by atoms with Crippen molar-refractivity contribution in [3.05, 3.63) is 94.8 Å². The van der Waals surface area contributed by atoms with Crippen LogP contribution >= 0.6 is 11.6 Å². The number of halogens is 2. The third-order valence-corrected chi connectivity index (χ3v) is 5.58. The molecule has 1 N–H and O–H groups in total. The fourth-order valence-corrected chi connectivity index (χ4v) is 3.52. The molecule has 0 fully saturated rings. The Bertz CT molecular complexity index is 1120. The average Bonchev–Trinajstić information content (AvgIpc) is 2.86. The first-order chi connectivity index (χ1) is 16.4. The number of carbonyl (C=O) groups excluding carboxylic acids is 2. The zero-order valence-corrected chi connectivity index (χ0v) is 19.7. The molecular weight excluding hydrogens is 459 g/mol. The highest BCUT2D eigenvalue weighted by Crippen LogP contribution is 2.23. The SMILES string of the molecule is COc1ccccc1CNC(=O)[C@@H](C)N(Cc1ccc(F)cc1)C(=O)COc1ccccc1Cl. The van der Waals surface area contributed by atoms with Gasteiger partial charge in [-0.15, -0.1) is 0 Å². The quantitative estimate of drug-likeness (QED) is 0.456. The molecule has 0 heterocycles. The van der Waals surface area contributed by atoms with Gasteiger partial charge in [0.1, 0.15) is 23.4 Å². The van der Waals surface area contributed by atoms with Gasteiger partial charge in [-0.3, -0.25) is 9.59 Å². The summed E-state index contributed by atoms with van der Waals surface area (Å²) in [5.74, 6) is -0.120. The molecule has 2 amide bonds. The van der Waals surface area contributed by atoms with Gasteiger partial charge in [0.05, 0.1) is 12.1 Å². The molecule has 3 aromatic rings.